The van der Waals surface area contributed by atoms with Gasteiger partial charge in [-0.05, 0) is 0 Å². The summed E-state index contributed by atoms with van der Waals surface area (Å²) in [5, 5.41) is 0. The van der Waals surface area contributed by atoms with E-state index in [1.165, 1.54) is 27.4 Å². The summed E-state index contributed by atoms with van der Waals surface area (Å²) in [6, 6.07) is 24.9. The Kier molecular flexibility index (Phi) is 5.28. The molecule has 0 unspecified atom stereocenters. The van der Waals surface area contributed by atoms with Gasteiger partial charge in [0.1, 0.15) is 0 Å². The summed E-state index contributed by atoms with van der Waals surface area (Å²) in [6.45, 7) is 6.96. The molecule has 2 nitrogen and oxygen atoms in total. The fourth-order valence-electron chi connectivity index (χ4n) is 3.60. The van der Waals surface area contributed by atoms with Gasteiger partial charge in [0, 0.05) is 0 Å². The summed E-state index contributed by atoms with van der Waals surface area (Å²) in [4.78, 5) is 11.7. The molecule has 0 heterocycles. The summed E-state index contributed by atoms with van der Waals surface area (Å²) in [6.07, 6.45) is 0. The predicted octanol–water partition coefficient (Wildman–Crippen LogP) is 2.75. The molecule has 0 radical (unpaired) electrons. The zero-order valence-electron chi connectivity index (χ0n) is 14.8. The van der Waals surface area contributed by atoms with Crippen LogP contribution in [0.4, 0.5) is 0 Å². The Hall–Kier alpha value is -2.07. The van der Waals surface area contributed by atoms with Crippen LogP contribution in [0.5, 0.6) is 0 Å². The Morgan fingerprint density at radius 3 is 1.24 bits per heavy atom. The first-order chi connectivity index (χ1) is 12.1. The van der Waals surface area contributed by atoms with Crippen molar-refractivity contribution in [1.82, 2.24) is 0 Å². The van der Waals surface area contributed by atoms with E-state index in [0.29, 0.717) is 6.47 Å². The van der Waals surface area contributed by atoms with Crippen LogP contribution in [0.1, 0.15) is 16.7 Å². The average molecular weight is 437 g/mol. The van der Waals surface area contributed by atoms with Crippen LogP contribution < -0.4 is 10.7 Å². The third-order valence-corrected chi connectivity index (χ3v) is 17.4. The topological polar surface area (TPSA) is 26.3 Å². The molecule has 0 spiro atoms. The molecule has 0 amide bonds. The molecule has 25 heavy (non-hydrogen) atoms. The molecule has 0 aliphatic rings. The third kappa shape index (κ3) is 3.11. The quantitative estimate of drug-likeness (QED) is 0.454. The van der Waals surface area contributed by atoms with Crippen molar-refractivity contribution in [2.75, 3.05) is 0 Å². The number of benzene rings is 3. The van der Waals surface area contributed by atoms with Crippen LogP contribution >= 0.6 is 0 Å². The standard InChI is InChI=1S/3C7H7.CH2O2.Sn/c3*1-7-5-3-2-4-6-7;2-1-3;/h3*2-5H,1H3;1H,(H,2,3);/q;;;;+1/p-1. The molecule has 3 heteroatoms. The zero-order chi connectivity index (χ0) is 17.9. The van der Waals surface area contributed by atoms with Crippen molar-refractivity contribution in [3.8, 4) is 0 Å². The summed E-state index contributed by atoms with van der Waals surface area (Å²) in [7, 11) is 0. The summed E-state index contributed by atoms with van der Waals surface area (Å²) in [5.74, 6) is 0. The van der Waals surface area contributed by atoms with Gasteiger partial charge in [0.05, 0.1) is 0 Å². The van der Waals surface area contributed by atoms with Crippen molar-refractivity contribution >= 4 is 36.0 Å². The summed E-state index contributed by atoms with van der Waals surface area (Å²) >= 11 is -3.93. The van der Waals surface area contributed by atoms with Gasteiger partial charge in [-0.15, -0.1) is 0 Å². The minimum atomic E-state index is -3.93. The summed E-state index contributed by atoms with van der Waals surface area (Å²) < 4.78 is 9.72. The second kappa shape index (κ2) is 7.44. The first-order valence-corrected chi connectivity index (χ1v) is 13.9. The fourth-order valence-corrected chi connectivity index (χ4v) is 15.9. The number of rotatable bonds is 5. The fraction of sp³-hybridized carbons (Fsp3) is 0.136. The van der Waals surface area contributed by atoms with Crippen LogP contribution in [-0.4, -0.2) is 25.3 Å². The van der Waals surface area contributed by atoms with Gasteiger partial charge in [0.2, 0.25) is 0 Å². The van der Waals surface area contributed by atoms with Gasteiger partial charge in [-0.25, -0.2) is 0 Å². The van der Waals surface area contributed by atoms with Gasteiger partial charge in [0.15, 0.2) is 0 Å². The molecular weight excluding hydrogens is 415 g/mol. The van der Waals surface area contributed by atoms with Crippen LogP contribution in [0.15, 0.2) is 72.8 Å². The molecule has 3 aromatic carbocycles. The van der Waals surface area contributed by atoms with E-state index in [4.69, 9.17) is 3.07 Å². The molecule has 0 atom stereocenters. The van der Waals surface area contributed by atoms with E-state index in [9.17, 15) is 4.79 Å². The number of hydrogen-bond donors (Lipinski definition) is 0. The molecule has 0 N–H and O–H groups in total. The molecule has 3 aromatic rings. The molecular formula is C22H22O2Sn. The van der Waals surface area contributed by atoms with Gasteiger partial charge in [-0.1, -0.05) is 0 Å². The van der Waals surface area contributed by atoms with Gasteiger partial charge < -0.3 is 0 Å². The summed E-state index contributed by atoms with van der Waals surface area (Å²) in [5.41, 5.74) is 3.52. The number of carbonyl (C=O) groups is 1. The van der Waals surface area contributed by atoms with Crippen molar-refractivity contribution in [3.05, 3.63) is 89.5 Å². The van der Waals surface area contributed by atoms with Crippen LogP contribution in [0.3, 0.4) is 0 Å². The van der Waals surface area contributed by atoms with E-state index in [0.717, 1.165) is 0 Å². The van der Waals surface area contributed by atoms with Crippen molar-refractivity contribution in [2.24, 2.45) is 0 Å². The molecule has 0 aliphatic heterocycles. The van der Waals surface area contributed by atoms with Gasteiger partial charge in [-0.3, -0.25) is 0 Å². The van der Waals surface area contributed by atoms with Gasteiger partial charge in [-0.2, -0.15) is 0 Å². The Bertz CT molecular complexity index is 791. The van der Waals surface area contributed by atoms with Crippen LogP contribution in [0.2, 0.25) is 0 Å². The second-order valence-corrected chi connectivity index (χ2v) is 15.5. The molecule has 0 saturated heterocycles. The van der Waals surface area contributed by atoms with E-state index in [-0.39, 0.29) is 0 Å². The van der Waals surface area contributed by atoms with E-state index in [2.05, 4.69) is 57.2 Å². The van der Waals surface area contributed by atoms with E-state index in [1.54, 1.807) is 0 Å². The normalized spacial score (nSPS) is 11.2. The molecule has 126 valence electrons. The van der Waals surface area contributed by atoms with Crippen molar-refractivity contribution in [3.63, 3.8) is 0 Å². The third-order valence-electron chi connectivity index (χ3n) is 4.80. The Labute approximate surface area is 153 Å². The molecule has 0 fully saturated rings. The maximum atomic E-state index is 11.7. The van der Waals surface area contributed by atoms with Crippen LogP contribution in [0, 0.1) is 20.8 Å². The predicted molar refractivity (Wildman–Crippen MR) is 105 cm³/mol. The average Bonchev–Trinajstić information content (AvgIpc) is 2.62. The molecule has 0 aromatic heterocycles. The van der Waals surface area contributed by atoms with E-state index in [1.807, 2.05) is 36.4 Å². The first-order valence-electron chi connectivity index (χ1n) is 8.41. The van der Waals surface area contributed by atoms with Gasteiger partial charge >= 0.3 is 154 Å². The molecule has 0 bridgehead atoms. The second-order valence-electron chi connectivity index (χ2n) is 6.34. The number of carbonyl (C=O) groups excluding carboxylic acids is 1. The van der Waals surface area contributed by atoms with Gasteiger partial charge in [0.25, 0.3) is 0 Å². The van der Waals surface area contributed by atoms with Crippen LogP contribution in [-0.2, 0) is 7.87 Å². The Morgan fingerprint density at radius 1 is 0.640 bits per heavy atom. The molecule has 0 aliphatic carbocycles. The Morgan fingerprint density at radius 2 is 0.960 bits per heavy atom. The SMILES string of the molecule is Cc1cccc[c]1[Sn]([O]C=O)([c]1ccccc1C)[c]1ccccc1C. The zero-order valence-corrected chi connectivity index (χ0v) is 17.7. The maximum absolute atomic E-state index is 11.7. The van der Waals surface area contributed by atoms with E-state index >= 15 is 0 Å². The monoisotopic (exact) mass is 438 g/mol. The number of hydrogen-bond acceptors (Lipinski definition) is 2. The number of aryl methyl sites for hydroxylation is 3. The van der Waals surface area contributed by atoms with E-state index < -0.39 is 18.8 Å². The van der Waals surface area contributed by atoms with Crippen molar-refractivity contribution in [2.45, 2.75) is 20.8 Å². The molecule has 0 saturated carbocycles. The minimum absolute atomic E-state index is 0.654. The first kappa shape index (κ1) is 17.7. The van der Waals surface area contributed by atoms with Crippen molar-refractivity contribution in [1.29, 1.82) is 0 Å². The van der Waals surface area contributed by atoms with Crippen LogP contribution in [0.25, 0.3) is 0 Å². The molecule has 3 rings (SSSR count). The Balaban J connectivity index is 2.46. The van der Waals surface area contributed by atoms with Crippen molar-refractivity contribution < 1.29 is 7.87 Å².